The summed E-state index contributed by atoms with van der Waals surface area (Å²) < 4.78 is 15.9. The molecule has 1 fully saturated rings. The van der Waals surface area contributed by atoms with E-state index in [0.29, 0.717) is 12.8 Å². The molecule has 0 N–H and O–H groups in total. The van der Waals surface area contributed by atoms with E-state index < -0.39 is 35.7 Å². The number of likely N-dealkylation sites (tertiary alicyclic amines) is 1. The van der Waals surface area contributed by atoms with Gasteiger partial charge < -0.3 is 14.2 Å². The number of benzene rings is 1. The van der Waals surface area contributed by atoms with Gasteiger partial charge in [0.2, 0.25) is 0 Å². The Labute approximate surface area is 165 Å². The van der Waals surface area contributed by atoms with Crippen molar-refractivity contribution in [1.29, 1.82) is 0 Å². The van der Waals surface area contributed by atoms with E-state index in [2.05, 4.69) is 0 Å². The highest BCUT2D eigenvalue weighted by molar-refractivity contribution is 5.83. The standard InChI is InChI=1S/C21H29NO6/c1-5-26-18(23)13-16-11-12-17(19(24)28-21(2,3)4)22(16)20(25)27-14-15-9-7-6-8-10-15/h6-10,16-17H,5,11-14H2,1-4H3/t16-,17-/m0/s1. The second-order valence-corrected chi connectivity index (χ2v) is 7.74. The lowest BCUT2D eigenvalue weighted by molar-refractivity contribution is -0.161. The number of esters is 2. The van der Waals surface area contributed by atoms with Crippen LogP contribution in [-0.2, 0) is 30.4 Å². The van der Waals surface area contributed by atoms with Crippen molar-refractivity contribution in [1.82, 2.24) is 4.90 Å². The number of amides is 1. The summed E-state index contributed by atoms with van der Waals surface area (Å²) in [5.41, 5.74) is 0.168. The monoisotopic (exact) mass is 391 g/mol. The van der Waals surface area contributed by atoms with E-state index in [-0.39, 0.29) is 19.6 Å². The molecule has 0 unspecified atom stereocenters. The number of nitrogens with zero attached hydrogens (tertiary/aromatic N) is 1. The van der Waals surface area contributed by atoms with Gasteiger partial charge in [-0.3, -0.25) is 9.69 Å². The molecule has 7 nitrogen and oxygen atoms in total. The van der Waals surface area contributed by atoms with Crippen LogP contribution >= 0.6 is 0 Å². The molecule has 1 aromatic carbocycles. The van der Waals surface area contributed by atoms with Crippen molar-refractivity contribution < 1.29 is 28.6 Å². The highest BCUT2D eigenvalue weighted by Gasteiger charge is 2.44. The summed E-state index contributed by atoms with van der Waals surface area (Å²) >= 11 is 0. The first kappa shape index (κ1) is 21.7. The Morgan fingerprint density at radius 1 is 1.07 bits per heavy atom. The van der Waals surface area contributed by atoms with Gasteiger partial charge in [-0.25, -0.2) is 9.59 Å². The predicted octanol–water partition coefficient (Wildman–Crippen LogP) is 3.45. The first-order valence-electron chi connectivity index (χ1n) is 9.58. The summed E-state index contributed by atoms with van der Waals surface area (Å²) in [6.07, 6.45) is 0.308. The molecule has 7 heteroatoms. The Kier molecular flexibility index (Phi) is 7.43. The molecule has 1 aromatic rings. The molecule has 1 heterocycles. The van der Waals surface area contributed by atoms with Crippen LogP contribution < -0.4 is 0 Å². The van der Waals surface area contributed by atoms with E-state index >= 15 is 0 Å². The lowest BCUT2D eigenvalue weighted by Gasteiger charge is -2.30. The first-order valence-corrected chi connectivity index (χ1v) is 9.58. The van der Waals surface area contributed by atoms with Crippen molar-refractivity contribution in [3.05, 3.63) is 35.9 Å². The van der Waals surface area contributed by atoms with E-state index in [1.54, 1.807) is 27.7 Å². The molecule has 28 heavy (non-hydrogen) atoms. The number of ether oxygens (including phenoxy) is 3. The molecular formula is C21H29NO6. The van der Waals surface area contributed by atoms with Gasteiger partial charge in [-0.05, 0) is 46.1 Å². The molecule has 1 aliphatic rings. The first-order chi connectivity index (χ1) is 13.2. The minimum absolute atomic E-state index is 0.0214. The smallest absolute Gasteiger partial charge is 0.411 e. The van der Waals surface area contributed by atoms with Crippen LogP contribution in [-0.4, -0.2) is 47.2 Å². The van der Waals surface area contributed by atoms with Crippen molar-refractivity contribution in [2.45, 2.75) is 71.2 Å². The van der Waals surface area contributed by atoms with Crippen LogP contribution in [0.5, 0.6) is 0 Å². The minimum atomic E-state index is -0.776. The predicted molar refractivity (Wildman–Crippen MR) is 102 cm³/mol. The molecule has 0 aliphatic carbocycles. The molecule has 2 rings (SSSR count). The van der Waals surface area contributed by atoms with Gasteiger partial charge in [0.1, 0.15) is 18.2 Å². The average molecular weight is 391 g/mol. The maximum atomic E-state index is 12.8. The lowest BCUT2D eigenvalue weighted by atomic mass is 10.1. The zero-order chi connectivity index (χ0) is 20.7. The summed E-state index contributed by atoms with van der Waals surface area (Å²) in [6.45, 7) is 7.39. The molecule has 1 aliphatic heterocycles. The summed E-state index contributed by atoms with van der Waals surface area (Å²) in [6, 6.07) is 8.04. The fraction of sp³-hybridized carbons (Fsp3) is 0.571. The molecule has 0 radical (unpaired) electrons. The summed E-state index contributed by atoms with van der Waals surface area (Å²) in [5.74, 6) is -0.895. The molecule has 0 bridgehead atoms. The molecule has 0 spiro atoms. The van der Waals surface area contributed by atoms with Crippen molar-refractivity contribution in [3.8, 4) is 0 Å². The van der Waals surface area contributed by atoms with Crippen molar-refractivity contribution in [2.24, 2.45) is 0 Å². The lowest BCUT2D eigenvalue weighted by Crippen LogP contribution is -2.47. The van der Waals surface area contributed by atoms with Crippen molar-refractivity contribution >= 4 is 18.0 Å². The van der Waals surface area contributed by atoms with Gasteiger partial charge in [0, 0.05) is 6.04 Å². The SMILES string of the molecule is CCOC(=O)C[C@@H]1CC[C@@H](C(=O)OC(C)(C)C)N1C(=O)OCc1ccccc1. The van der Waals surface area contributed by atoms with Crippen molar-refractivity contribution in [2.75, 3.05) is 6.61 Å². The van der Waals surface area contributed by atoms with Gasteiger partial charge in [0.25, 0.3) is 0 Å². The number of hydrogen-bond donors (Lipinski definition) is 0. The van der Waals surface area contributed by atoms with Crippen LogP contribution in [0.2, 0.25) is 0 Å². The Hall–Kier alpha value is -2.57. The van der Waals surface area contributed by atoms with E-state index in [4.69, 9.17) is 14.2 Å². The molecule has 2 atom stereocenters. The minimum Gasteiger partial charge on any atom is -0.466 e. The van der Waals surface area contributed by atoms with Gasteiger partial charge in [-0.2, -0.15) is 0 Å². The Bertz CT molecular complexity index is 682. The van der Waals surface area contributed by atoms with Gasteiger partial charge >= 0.3 is 18.0 Å². The van der Waals surface area contributed by atoms with Crippen LogP contribution in [0.15, 0.2) is 30.3 Å². The molecule has 154 valence electrons. The average Bonchev–Trinajstić information content (AvgIpc) is 3.03. The third-order valence-electron chi connectivity index (χ3n) is 4.30. The quantitative estimate of drug-likeness (QED) is 0.546. The third kappa shape index (κ3) is 6.25. The van der Waals surface area contributed by atoms with Gasteiger partial charge in [-0.1, -0.05) is 30.3 Å². The van der Waals surface area contributed by atoms with Crippen LogP contribution in [0.4, 0.5) is 4.79 Å². The number of rotatable bonds is 6. The summed E-state index contributed by atoms with van der Waals surface area (Å²) in [7, 11) is 0. The van der Waals surface area contributed by atoms with Crippen LogP contribution in [0.3, 0.4) is 0 Å². The van der Waals surface area contributed by atoms with Crippen LogP contribution in [0.1, 0.15) is 52.5 Å². The Balaban J connectivity index is 2.12. The van der Waals surface area contributed by atoms with Gasteiger partial charge in [0.15, 0.2) is 0 Å². The van der Waals surface area contributed by atoms with E-state index in [9.17, 15) is 14.4 Å². The molecular weight excluding hydrogens is 362 g/mol. The highest BCUT2D eigenvalue weighted by atomic mass is 16.6. The van der Waals surface area contributed by atoms with Crippen LogP contribution in [0, 0.1) is 0 Å². The maximum Gasteiger partial charge on any atom is 0.411 e. The summed E-state index contributed by atoms with van der Waals surface area (Å²) in [4.78, 5) is 38.7. The van der Waals surface area contributed by atoms with E-state index in [1.165, 1.54) is 4.90 Å². The zero-order valence-electron chi connectivity index (χ0n) is 17.0. The topological polar surface area (TPSA) is 82.1 Å². The molecule has 1 saturated heterocycles. The normalized spacial score (nSPS) is 19.2. The Morgan fingerprint density at radius 2 is 1.75 bits per heavy atom. The largest absolute Gasteiger partial charge is 0.466 e. The van der Waals surface area contributed by atoms with Gasteiger partial charge in [-0.15, -0.1) is 0 Å². The number of carbonyl (C=O) groups is 3. The highest BCUT2D eigenvalue weighted by Crippen LogP contribution is 2.30. The second kappa shape index (κ2) is 9.57. The van der Waals surface area contributed by atoms with Gasteiger partial charge in [0.05, 0.1) is 13.0 Å². The number of carbonyl (C=O) groups excluding carboxylic acids is 3. The van der Waals surface area contributed by atoms with Crippen molar-refractivity contribution in [3.63, 3.8) is 0 Å². The van der Waals surface area contributed by atoms with E-state index in [0.717, 1.165) is 5.56 Å². The molecule has 0 aromatic heterocycles. The van der Waals surface area contributed by atoms with E-state index in [1.807, 2.05) is 30.3 Å². The molecule has 1 amide bonds. The van der Waals surface area contributed by atoms with Crippen LogP contribution in [0.25, 0.3) is 0 Å². The Morgan fingerprint density at radius 3 is 2.36 bits per heavy atom. The molecule has 0 saturated carbocycles. The number of hydrogen-bond acceptors (Lipinski definition) is 6. The fourth-order valence-electron chi connectivity index (χ4n) is 3.17. The third-order valence-corrected chi connectivity index (χ3v) is 4.30. The maximum absolute atomic E-state index is 12.8. The summed E-state index contributed by atoms with van der Waals surface area (Å²) in [5, 5.41) is 0. The fourth-order valence-corrected chi connectivity index (χ4v) is 3.17. The second-order valence-electron chi connectivity index (χ2n) is 7.74. The zero-order valence-corrected chi connectivity index (χ0v) is 17.0.